The number of hydrogen-bond donors (Lipinski definition) is 1. The molecule has 1 aliphatic rings. The number of Topliss-reactive ketones (excluding diaryl/α,β-unsaturated/α-hetero) is 1. The number of ketones is 1. The fourth-order valence-electron chi connectivity index (χ4n) is 4.21. The van der Waals surface area contributed by atoms with E-state index < -0.39 is 0 Å². The van der Waals surface area contributed by atoms with Crippen LogP contribution in [0.5, 0.6) is 0 Å². The van der Waals surface area contributed by atoms with Gasteiger partial charge >= 0.3 is 0 Å². The van der Waals surface area contributed by atoms with E-state index >= 15 is 0 Å². The van der Waals surface area contributed by atoms with E-state index in [0.29, 0.717) is 37.5 Å². The largest absolute Gasteiger partial charge is 0.392 e. The molecule has 4 aromatic rings. The molecule has 0 unspecified atom stereocenters. The summed E-state index contributed by atoms with van der Waals surface area (Å²) < 4.78 is 7.46. The Morgan fingerprint density at radius 3 is 2.21 bits per heavy atom. The number of morpholine rings is 1. The summed E-state index contributed by atoms with van der Waals surface area (Å²) in [4.78, 5) is 28.8. The van der Waals surface area contributed by atoms with Crippen molar-refractivity contribution in [3.05, 3.63) is 71.5 Å². The number of hydrogen-bond acceptors (Lipinski definition) is 7. The number of anilines is 1. The van der Waals surface area contributed by atoms with Gasteiger partial charge in [-0.25, -0.2) is 15.0 Å². The van der Waals surface area contributed by atoms with E-state index in [1.807, 2.05) is 60.1 Å². The second-order valence-corrected chi connectivity index (χ2v) is 8.56. The monoisotopic (exact) mass is 457 g/mol. The predicted molar refractivity (Wildman–Crippen MR) is 130 cm³/mol. The summed E-state index contributed by atoms with van der Waals surface area (Å²) in [5, 5.41) is 9.16. The van der Waals surface area contributed by atoms with Crippen LogP contribution < -0.4 is 4.90 Å². The number of aliphatic hydroxyl groups excluding tert-OH is 1. The number of benzene rings is 2. The number of aliphatic hydroxyl groups is 1. The Morgan fingerprint density at radius 1 is 0.941 bits per heavy atom. The number of nitrogens with zero attached hydrogens (tertiary/aromatic N) is 5. The molecule has 1 aliphatic heterocycles. The molecule has 0 bridgehead atoms. The number of fused-ring (bicyclic) bond motifs is 1. The van der Waals surface area contributed by atoms with Crippen molar-refractivity contribution in [1.82, 2.24) is 19.5 Å². The first-order valence-electron chi connectivity index (χ1n) is 11.4. The van der Waals surface area contributed by atoms with Gasteiger partial charge in [-0.15, -0.1) is 0 Å². The summed E-state index contributed by atoms with van der Waals surface area (Å²) in [6, 6.07) is 15.3. The van der Waals surface area contributed by atoms with Crippen LogP contribution in [0.2, 0.25) is 0 Å². The highest BCUT2D eigenvalue weighted by Crippen LogP contribution is 2.27. The number of ether oxygens (including phenoxy) is 1. The number of carbonyl (C=O) groups is 1. The molecule has 8 heteroatoms. The summed E-state index contributed by atoms with van der Waals surface area (Å²) in [7, 11) is 1.95. The summed E-state index contributed by atoms with van der Waals surface area (Å²) in [5.74, 6) is 1.63. The van der Waals surface area contributed by atoms with E-state index in [0.717, 1.165) is 46.7 Å². The van der Waals surface area contributed by atoms with Crippen LogP contribution in [0.15, 0.2) is 54.9 Å². The Morgan fingerprint density at radius 2 is 1.56 bits per heavy atom. The standard InChI is InChI=1S/C26H27N5O3/c1-30-17-27-25-23(30)26(31-10-12-34-13-11-31)29-24(28-25)21-8-6-19(7-9-21)15-22(33)14-18-2-4-20(16-32)5-3-18/h2-9,17,32H,10-16H2,1H3. The average Bonchev–Trinajstić information content (AvgIpc) is 3.25. The Bertz CT molecular complexity index is 1290. The van der Waals surface area contributed by atoms with Crippen LogP contribution in [0, 0.1) is 0 Å². The first kappa shape index (κ1) is 22.2. The molecule has 0 atom stereocenters. The summed E-state index contributed by atoms with van der Waals surface area (Å²) in [6.07, 6.45) is 2.50. The first-order valence-corrected chi connectivity index (χ1v) is 11.4. The Kier molecular flexibility index (Phi) is 6.33. The van der Waals surface area contributed by atoms with Crippen LogP contribution in [-0.2, 0) is 36.0 Å². The highest BCUT2D eigenvalue weighted by atomic mass is 16.5. The molecule has 0 radical (unpaired) electrons. The molecule has 174 valence electrons. The minimum atomic E-state index is 0.00546. The van der Waals surface area contributed by atoms with E-state index in [1.54, 1.807) is 6.33 Å². The topological polar surface area (TPSA) is 93.4 Å². The van der Waals surface area contributed by atoms with Gasteiger partial charge in [0.15, 0.2) is 17.3 Å². The third-order valence-electron chi connectivity index (χ3n) is 6.08. The Hall–Kier alpha value is -3.62. The lowest BCUT2D eigenvalue weighted by molar-refractivity contribution is -0.117. The van der Waals surface area contributed by atoms with E-state index in [2.05, 4.69) is 9.88 Å². The molecule has 1 saturated heterocycles. The lowest BCUT2D eigenvalue weighted by Crippen LogP contribution is -2.37. The number of carbonyl (C=O) groups excluding carboxylic acids is 1. The molecule has 8 nitrogen and oxygen atoms in total. The van der Waals surface area contributed by atoms with Crippen molar-refractivity contribution in [3.63, 3.8) is 0 Å². The lowest BCUT2D eigenvalue weighted by Gasteiger charge is -2.28. The van der Waals surface area contributed by atoms with Crippen molar-refractivity contribution >= 4 is 22.8 Å². The molecule has 2 aromatic carbocycles. The van der Waals surface area contributed by atoms with E-state index in [1.165, 1.54) is 0 Å². The highest BCUT2D eigenvalue weighted by molar-refractivity contribution is 5.86. The van der Waals surface area contributed by atoms with Crippen LogP contribution in [0.4, 0.5) is 5.82 Å². The minimum absolute atomic E-state index is 0.00546. The molecule has 34 heavy (non-hydrogen) atoms. The lowest BCUT2D eigenvalue weighted by atomic mass is 10.0. The SMILES string of the molecule is Cn1cnc2nc(-c3ccc(CC(=O)Cc4ccc(CO)cc4)cc3)nc(N3CCOCC3)c21. The fourth-order valence-corrected chi connectivity index (χ4v) is 4.21. The molecular formula is C26H27N5O3. The zero-order valence-electron chi connectivity index (χ0n) is 19.1. The fraction of sp³-hybridized carbons (Fsp3) is 0.308. The summed E-state index contributed by atoms with van der Waals surface area (Å²) >= 11 is 0. The van der Waals surface area contributed by atoms with Crippen molar-refractivity contribution < 1.29 is 14.6 Å². The van der Waals surface area contributed by atoms with Crippen molar-refractivity contribution in [2.24, 2.45) is 7.05 Å². The molecule has 3 heterocycles. The predicted octanol–water partition coefficient (Wildman–Crippen LogP) is 2.71. The molecule has 2 aromatic heterocycles. The van der Waals surface area contributed by atoms with Gasteiger partial charge in [-0.05, 0) is 16.7 Å². The van der Waals surface area contributed by atoms with E-state index in [4.69, 9.17) is 19.8 Å². The van der Waals surface area contributed by atoms with Gasteiger partial charge in [0.25, 0.3) is 0 Å². The van der Waals surface area contributed by atoms with Crippen molar-refractivity contribution in [3.8, 4) is 11.4 Å². The van der Waals surface area contributed by atoms with Gasteiger partial charge in [0.2, 0.25) is 0 Å². The highest BCUT2D eigenvalue weighted by Gasteiger charge is 2.20. The third-order valence-corrected chi connectivity index (χ3v) is 6.08. The number of rotatable bonds is 7. The first-order chi connectivity index (χ1) is 16.6. The van der Waals surface area contributed by atoms with Gasteiger partial charge in [-0.3, -0.25) is 4.79 Å². The smallest absolute Gasteiger partial charge is 0.183 e. The van der Waals surface area contributed by atoms with Gasteiger partial charge in [-0.2, -0.15) is 0 Å². The zero-order chi connectivity index (χ0) is 23.5. The van der Waals surface area contributed by atoms with Gasteiger partial charge in [-0.1, -0.05) is 48.5 Å². The Balaban J connectivity index is 1.34. The molecule has 0 aliphatic carbocycles. The van der Waals surface area contributed by atoms with Crippen molar-refractivity contribution in [2.75, 3.05) is 31.2 Å². The second kappa shape index (κ2) is 9.70. The van der Waals surface area contributed by atoms with Gasteiger partial charge < -0.3 is 19.3 Å². The summed E-state index contributed by atoms with van der Waals surface area (Å²) in [6.45, 7) is 2.91. The molecule has 1 fully saturated rings. The zero-order valence-corrected chi connectivity index (χ0v) is 19.1. The molecular weight excluding hydrogens is 430 g/mol. The normalized spacial score (nSPS) is 14.0. The second-order valence-electron chi connectivity index (χ2n) is 8.56. The van der Waals surface area contributed by atoms with Crippen molar-refractivity contribution in [1.29, 1.82) is 0 Å². The average molecular weight is 458 g/mol. The van der Waals surface area contributed by atoms with Crippen LogP contribution in [-0.4, -0.2) is 56.7 Å². The van der Waals surface area contributed by atoms with Crippen LogP contribution >= 0.6 is 0 Å². The van der Waals surface area contributed by atoms with Gasteiger partial charge in [0.1, 0.15) is 11.3 Å². The molecule has 0 spiro atoms. The van der Waals surface area contributed by atoms with Crippen LogP contribution in [0.1, 0.15) is 16.7 Å². The molecule has 0 amide bonds. The Labute approximate surface area is 197 Å². The maximum atomic E-state index is 12.6. The van der Waals surface area contributed by atoms with E-state index in [-0.39, 0.29) is 12.4 Å². The molecule has 5 rings (SSSR count). The quantitative estimate of drug-likeness (QED) is 0.456. The van der Waals surface area contributed by atoms with Gasteiger partial charge in [0.05, 0.1) is 26.1 Å². The number of aromatic nitrogens is 4. The van der Waals surface area contributed by atoms with E-state index in [9.17, 15) is 4.79 Å². The summed E-state index contributed by atoms with van der Waals surface area (Å²) in [5.41, 5.74) is 5.22. The number of imidazole rings is 1. The maximum Gasteiger partial charge on any atom is 0.183 e. The number of aryl methyl sites for hydroxylation is 1. The van der Waals surface area contributed by atoms with Crippen LogP contribution in [0.3, 0.4) is 0 Å². The van der Waals surface area contributed by atoms with Crippen LogP contribution in [0.25, 0.3) is 22.6 Å². The maximum absolute atomic E-state index is 12.6. The van der Waals surface area contributed by atoms with Crippen molar-refractivity contribution in [2.45, 2.75) is 19.4 Å². The molecule has 1 N–H and O–H groups in total. The minimum Gasteiger partial charge on any atom is -0.392 e. The van der Waals surface area contributed by atoms with Gasteiger partial charge in [0, 0.05) is 38.5 Å². The third kappa shape index (κ3) is 4.69. The molecule has 0 saturated carbocycles.